The fourth-order valence-corrected chi connectivity index (χ4v) is 2.43. The standard InChI is InChI=1S/C14H23N3O2/c1-10-9-11(6-8-19-10)16-13-12(17(2)3)5-7-15-14(13)18-4/h5,7,10-11,16H,6,8-9H2,1-4H3. The van der Waals surface area contributed by atoms with Crippen LogP contribution in [0.15, 0.2) is 12.3 Å². The zero-order valence-corrected chi connectivity index (χ0v) is 12.1. The predicted molar refractivity (Wildman–Crippen MR) is 77.2 cm³/mol. The molecule has 1 aliphatic rings. The van der Waals surface area contributed by atoms with Crippen LogP contribution in [0, 0.1) is 0 Å². The van der Waals surface area contributed by atoms with Crippen molar-refractivity contribution in [2.24, 2.45) is 0 Å². The van der Waals surface area contributed by atoms with Crippen LogP contribution >= 0.6 is 0 Å². The molecule has 2 heterocycles. The average Bonchev–Trinajstić information content (AvgIpc) is 2.38. The van der Waals surface area contributed by atoms with Crippen molar-refractivity contribution in [3.8, 4) is 5.88 Å². The van der Waals surface area contributed by atoms with Crippen molar-refractivity contribution in [3.05, 3.63) is 12.3 Å². The Morgan fingerprint density at radius 2 is 2.26 bits per heavy atom. The molecule has 0 saturated carbocycles. The first kappa shape index (κ1) is 13.9. The molecule has 5 nitrogen and oxygen atoms in total. The van der Waals surface area contributed by atoms with Gasteiger partial charge in [-0.05, 0) is 25.8 Å². The first-order valence-corrected chi connectivity index (χ1v) is 6.70. The van der Waals surface area contributed by atoms with Crippen LogP contribution in [0.1, 0.15) is 19.8 Å². The molecule has 5 heteroatoms. The van der Waals surface area contributed by atoms with Gasteiger partial charge in [0.15, 0.2) is 0 Å². The summed E-state index contributed by atoms with van der Waals surface area (Å²) in [6.45, 7) is 2.92. The molecule has 0 aliphatic carbocycles. The summed E-state index contributed by atoms with van der Waals surface area (Å²) in [4.78, 5) is 6.35. The summed E-state index contributed by atoms with van der Waals surface area (Å²) in [5, 5.41) is 3.57. The van der Waals surface area contributed by atoms with Crippen LogP contribution in [0.2, 0.25) is 0 Å². The largest absolute Gasteiger partial charge is 0.479 e. The molecule has 106 valence electrons. The number of nitrogens with zero attached hydrogens (tertiary/aromatic N) is 2. The van der Waals surface area contributed by atoms with Gasteiger partial charge in [0.2, 0.25) is 5.88 Å². The highest BCUT2D eigenvalue weighted by molar-refractivity contribution is 5.74. The van der Waals surface area contributed by atoms with Gasteiger partial charge in [-0.2, -0.15) is 0 Å². The van der Waals surface area contributed by atoms with Crippen LogP contribution in [-0.2, 0) is 4.74 Å². The van der Waals surface area contributed by atoms with E-state index in [4.69, 9.17) is 9.47 Å². The highest BCUT2D eigenvalue weighted by Crippen LogP contribution is 2.33. The lowest BCUT2D eigenvalue weighted by molar-refractivity contribution is 0.0232. The second-order valence-corrected chi connectivity index (χ2v) is 5.16. The van der Waals surface area contributed by atoms with Gasteiger partial charge in [-0.25, -0.2) is 4.98 Å². The number of nitrogens with one attached hydrogen (secondary N) is 1. The zero-order valence-electron chi connectivity index (χ0n) is 12.1. The molecule has 2 rings (SSSR count). The summed E-state index contributed by atoms with van der Waals surface area (Å²) in [5.74, 6) is 0.644. The monoisotopic (exact) mass is 265 g/mol. The molecule has 0 bridgehead atoms. The zero-order chi connectivity index (χ0) is 13.8. The van der Waals surface area contributed by atoms with Gasteiger partial charge in [-0.3, -0.25) is 0 Å². The van der Waals surface area contributed by atoms with Crippen molar-refractivity contribution in [1.82, 2.24) is 4.98 Å². The maximum absolute atomic E-state index is 5.58. The number of ether oxygens (including phenoxy) is 2. The maximum atomic E-state index is 5.58. The van der Waals surface area contributed by atoms with Crippen molar-refractivity contribution in [2.45, 2.75) is 31.9 Å². The van der Waals surface area contributed by atoms with Crippen molar-refractivity contribution < 1.29 is 9.47 Å². The normalized spacial score (nSPS) is 22.9. The Hall–Kier alpha value is -1.49. The second kappa shape index (κ2) is 6.10. The molecule has 1 aromatic rings. The molecule has 1 N–H and O–H groups in total. The van der Waals surface area contributed by atoms with Crippen molar-refractivity contribution >= 4 is 11.4 Å². The fraction of sp³-hybridized carbons (Fsp3) is 0.643. The number of hydrogen-bond donors (Lipinski definition) is 1. The van der Waals surface area contributed by atoms with Gasteiger partial charge in [0, 0.05) is 32.9 Å². The molecule has 1 aromatic heterocycles. The Balaban J connectivity index is 2.22. The first-order valence-electron chi connectivity index (χ1n) is 6.70. The van der Waals surface area contributed by atoms with Crippen LogP contribution in [-0.4, -0.2) is 44.9 Å². The molecule has 1 saturated heterocycles. The van der Waals surface area contributed by atoms with Crippen LogP contribution in [0.25, 0.3) is 0 Å². The minimum Gasteiger partial charge on any atom is -0.479 e. The minimum absolute atomic E-state index is 0.303. The summed E-state index contributed by atoms with van der Waals surface area (Å²) in [5.41, 5.74) is 2.06. The van der Waals surface area contributed by atoms with Gasteiger partial charge in [0.25, 0.3) is 0 Å². The Labute approximate surface area is 114 Å². The Kier molecular flexibility index (Phi) is 4.47. The molecule has 19 heavy (non-hydrogen) atoms. The van der Waals surface area contributed by atoms with Crippen LogP contribution in [0.4, 0.5) is 11.4 Å². The number of pyridine rings is 1. The van der Waals surface area contributed by atoms with E-state index in [0.717, 1.165) is 30.8 Å². The Bertz CT molecular complexity index is 423. The van der Waals surface area contributed by atoms with E-state index in [9.17, 15) is 0 Å². The topological polar surface area (TPSA) is 46.6 Å². The Morgan fingerprint density at radius 3 is 2.89 bits per heavy atom. The van der Waals surface area contributed by atoms with Crippen LogP contribution < -0.4 is 15.0 Å². The molecular weight excluding hydrogens is 242 g/mol. The minimum atomic E-state index is 0.303. The number of methoxy groups -OCH3 is 1. The smallest absolute Gasteiger partial charge is 0.239 e. The molecule has 0 spiro atoms. The highest BCUT2D eigenvalue weighted by Gasteiger charge is 2.22. The number of aromatic nitrogens is 1. The molecule has 0 aromatic carbocycles. The highest BCUT2D eigenvalue weighted by atomic mass is 16.5. The van der Waals surface area contributed by atoms with Gasteiger partial charge in [-0.15, -0.1) is 0 Å². The van der Waals surface area contributed by atoms with Gasteiger partial charge in [0.1, 0.15) is 5.69 Å². The molecule has 1 aliphatic heterocycles. The third-order valence-corrected chi connectivity index (χ3v) is 3.40. The van der Waals surface area contributed by atoms with Crippen LogP contribution in [0.3, 0.4) is 0 Å². The van der Waals surface area contributed by atoms with E-state index in [-0.39, 0.29) is 0 Å². The fourth-order valence-electron chi connectivity index (χ4n) is 2.43. The van der Waals surface area contributed by atoms with Crippen molar-refractivity contribution in [3.63, 3.8) is 0 Å². The van der Waals surface area contributed by atoms with E-state index in [1.807, 2.05) is 20.2 Å². The third kappa shape index (κ3) is 3.29. The van der Waals surface area contributed by atoms with E-state index in [1.54, 1.807) is 13.3 Å². The summed E-state index contributed by atoms with van der Waals surface area (Å²) in [6.07, 6.45) is 4.09. The number of hydrogen-bond acceptors (Lipinski definition) is 5. The first-order chi connectivity index (χ1) is 9.11. The average molecular weight is 265 g/mol. The van der Waals surface area contributed by atoms with E-state index in [2.05, 4.69) is 22.1 Å². The summed E-state index contributed by atoms with van der Waals surface area (Å²) in [6, 6.07) is 2.40. The summed E-state index contributed by atoms with van der Waals surface area (Å²) in [7, 11) is 5.69. The van der Waals surface area contributed by atoms with Gasteiger partial charge in [0.05, 0.1) is 18.9 Å². The summed E-state index contributed by atoms with van der Waals surface area (Å²) >= 11 is 0. The van der Waals surface area contributed by atoms with E-state index in [1.165, 1.54) is 0 Å². The van der Waals surface area contributed by atoms with Gasteiger partial charge < -0.3 is 19.7 Å². The number of anilines is 2. The molecule has 0 amide bonds. The van der Waals surface area contributed by atoms with E-state index in [0.29, 0.717) is 18.0 Å². The lowest BCUT2D eigenvalue weighted by atomic mass is 10.0. The van der Waals surface area contributed by atoms with Gasteiger partial charge in [-0.1, -0.05) is 0 Å². The molecular formula is C14H23N3O2. The molecule has 0 radical (unpaired) electrons. The predicted octanol–water partition coefficient (Wildman–Crippen LogP) is 2.14. The van der Waals surface area contributed by atoms with Crippen molar-refractivity contribution in [2.75, 3.05) is 38.0 Å². The molecule has 1 fully saturated rings. The second-order valence-electron chi connectivity index (χ2n) is 5.16. The van der Waals surface area contributed by atoms with E-state index < -0.39 is 0 Å². The number of rotatable bonds is 4. The molecule has 2 unspecified atom stereocenters. The van der Waals surface area contributed by atoms with Crippen LogP contribution in [0.5, 0.6) is 5.88 Å². The third-order valence-electron chi connectivity index (χ3n) is 3.40. The summed E-state index contributed by atoms with van der Waals surface area (Å²) < 4.78 is 11.0. The quantitative estimate of drug-likeness (QED) is 0.903. The van der Waals surface area contributed by atoms with Gasteiger partial charge >= 0.3 is 0 Å². The SMILES string of the molecule is COc1nccc(N(C)C)c1NC1CCOC(C)C1. The lowest BCUT2D eigenvalue weighted by Crippen LogP contribution is -2.33. The maximum Gasteiger partial charge on any atom is 0.239 e. The molecule has 2 atom stereocenters. The lowest BCUT2D eigenvalue weighted by Gasteiger charge is -2.30. The van der Waals surface area contributed by atoms with E-state index >= 15 is 0 Å². The van der Waals surface area contributed by atoms with Crippen molar-refractivity contribution in [1.29, 1.82) is 0 Å². The Morgan fingerprint density at radius 1 is 1.47 bits per heavy atom.